The van der Waals surface area contributed by atoms with Crippen molar-refractivity contribution in [2.24, 2.45) is 5.92 Å². The highest BCUT2D eigenvalue weighted by Gasteiger charge is 2.25. The molecular formula is C15H23NO3. The largest absolute Gasteiger partial charge is 0.496 e. The highest BCUT2D eigenvalue weighted by molar-refractivity contribution is 5.73. The van der Waals surface area contributed by atoms with E-state index in [2.05, 4.69) is 5.32 Å². The van der Waals surface area contributed by atoms with Gasteiger partial charge >= 0.3 is 5.97 Å². The van der Waals surface area contributed by atoms with Crippen molar-refractivity contribution in [2.45, 2.75) is 39.3 Å². The van der Waals surface area contributed by atoms with Crippen molar-refractivity contribution in [3.63, 3.8) is 0 Å². The summed E-state index contributed by atoms with van der Waals surface area (Å²) in [6, 6.07) is 7.12. The van der Waals surface area contributed by atoms with E-state index in [9.17, 15) is 9.90 Å². The number of carboxylic acid groups (broad SMARTS) is 1. The second kappa shape index (κ2) is 7.14. The maximum absolute atomic E-state index is 11.3. The average Bonchev–Trinajstić information content (AvgIpc) is 2.39. The Hall–Kier alpha value is -1.55. The molecule has 2 unspecified atom stereocenters. The molecule has 0 bridgehead atoms. The molecule has 0 spiro atoms. The first-order chi connectivity index (χ1) is 9.01. The second-order valence-electron chi connectivity index (χ2n) is 4.93. The lowest BCUT2D eigenvalue weighted by Crippen LogP contribution is -2.42. The molecule has 19 heavy (non-hydrogen) atoms. The molecule has 106 valence electrons. The Bertz CT molecular complexity index is 418. The SMILES string of the molecule is CCC(NC(C(=O)O)C(C)C)c1ccccc1OC. The van der Waals surface area contributed by atoms with Gasteiger partial charge in [0.2, 0.25) is 0 Å². The van der Waals surface area contributed by atoms with Crippen LogP contribution < -0.4 is 10.1 Å². The van der Waals surface area contributed by atoms with Gasteiger partial charge in [-0.15, -0.1) is 0 Å². The fraction of sp³-hybridized carbons (Fsp3) is 0.533. The monoisotopic (exact) mass is 265 g/mol. The number of para-hydroxylation sites is 1. The molecule has 1 aromatic rings. The van der Waals surface area contributed by atoms with Crippen LogP contribution in [0.1, 0.15) is 38.8 Å². The number of nitrogens with one attached hydrogen (secondary N) is 1. The van der Waals surface area contributed by atoms with Crippen LogP contribution in [0.15, 0.2) is 24.3 Å². The number of hydrogen-bond acceptors (Lipinski definition) is 3. The van der Waals surface area contributed by atoms with E-state index >= 15 is 0 Å². The van der Waals surface area contributed by atoms with Gasteiger partial charge < -0.3 is 9.84 Å². The van der Waals surface area contributed by atoms with Crippen molar-refractivity contribution in [3.05, 3.63) is 29.8 Å². The molecule has 0 fully saturated rings. The minimum Gasteiger partial charge on any atom is -0.496 e. The molecule has 0 saturated heterocycles. The summed E-state index contributed by atoms with van der Waals surface area (Å²) in [6.07, 6.45) is 0.802. The fourth-order valence-electron chi connectivity index (χ4n) is 2.15. The van der Waals surface area contributed by atoms with Gasteiger partial charge in [0.25, 0.3) is 0 Å². The maximum atomic E-state index is 11.3. The second-order valence-corrected chi connectivity index (χ2v) is 4.93. The van der Waals surface area contributed by atoms with Crippen molar-refractivity contribution in [3.8, 4) is 5.75 Å². The molecule has 0 saturated carbocycles. The number of methoxy groups -OCH3 is 1. The predicted molar refractivity (Wildman–Crippen MR) is 75.4 cm³/mol. The third-order valence-electron chi connectivity index (χ3n) is 3.24. The van der Waals surface area contributed by atoms with Crippen LogP contribution in [0.5, 0.6) is 5.75 Å². The van der Waals surface area contributed by atoms with E-state index < -0.39 is 12.0 Å². The van der Waals surface area contributed by atoms with Crippen LogP contribution in [-0.4, -0.2) is 24.2 Å². The van der Waals surface area contributed by atoms with Crippen LogP contribution in [0.4, 0.5) is 0 Å². The molecule has 1 rings (SSSR count). The third-order valence-corrected chi connectivity index (χ3v) is 3.24. The highest BCUT2D eigenvalue weighted by atomic mass is 16.5. The zero-order chi connectivity index (χ0) is 14.4. The summed E-state index contributed by atoms with van der Waals surface area (Å²) in [5.41, 5.74) is 0.999. The lowest BCUT2D eigenvalue weighted by Gasteiger charge is -2.26. The molecule has 0 aliphatic carbocycles. The smallest absolute Gasteiger partial charge is 0.320 e. The van der Waals surface area contributed by atoms with Crippen LogP contribution in [-0.2, 0) is 4.79 Å². The van der Waals surface area contributed by atoms with Crippen LogP contribution in [0.25, 0.3) is 0 Å². The zero-order valence-corrected chi connectivity index (χ0v) is 12.0. The lowest BCUT2D eigenvalue weighted by molar-refractivity contribution is -0.140. The Kier molecular flexibility index (Phi) is 5.83. The van der Waals surface area contributed by atoms with E-state index in [0.717, 1.165) is 17.7 Å². The van der Waals surface area contributed by atoms with Gasteiger partial charge in [0, 0.05) is 11.6 Å². The number of carbonyl (C=O) groups is 1. The van der Waals surface area contributed by atoms with Gasteiger partial charge in [-0.2, -0.15) is 0 Å². The topological polar surface area (TPSA) is 58.6 Å². The summed E-state index contributed by atoms with van der Waals surface area (Å²) in [5.74, 6) is -0.000602. The van der Waals surface area contributed by atoms with Crippen LogP contribution >= 0.6 is 0 Å². The van der Waals surface area contributed by atoms with Gasteiger partial charge in [-0.3, -0.25) is 10.1 Å². The molecule has 2 atom stereocenters. The first-order valence-electron chi connectivity index (χ1n) is 6.63. The number of rotatable bonds is 7. The molecule has 0 aliphatic rings. The van der Waals surface area contributed by atoms with Gasteiger partial charge in [-0.25, -0.2) is 0 Å². The summed E-state index contributed by atoms with van der Waals surface area (Å²) in [4.78, 5) is 11.3. The van der Waals surface area contributed by atoms with E-state index in [1.54, 1.807) is 7.11 Å². The average molecular weight is 265 g/mol. The molecular weight excluding hydrogens is 242 g/mol. The lowest BCUT2D eigenvalue weighted by atomic mass is 9.98. The van der Waals surface area contributed by atoms with E-state index in [1.165, 1.54) is 0 Å². The predicted octanol–water partition coefficient (Wildman–Crippen LogP) is 2.85. The third kappa shape index (κ3) is 3.96. The minimum absolute atomic E-state index is 0.0281. The van der Waals surface area contributed by atoms with Crippen LogP contribution in [0.3, 0.4) is 0 Å². The Labute approximate surface area is 114 Å². The van der Waals surface area contributed by atoms with E-state index in [0.29, 0.717) is 0 Å². The normalized spacial score (nSPS) is 14.2. The van der Waals surface area contributed by atoms with Crippen molar-refractivity contribution in [1.29, 1.82) is 0 Å². The fourth-order valence-corrected chi connectivity index (χ4v) is 2.15. The van der Waals surface area contributed by atoms with Crippen molar-refractivity contribution >= 4 is 5.97 Å². The summed E-state index contributed by atoms with van der Waals surface area (Å²) in [6.45, 7) is 5.84. The van der Waals surface area contributed by atoms with Gasteiger partial charge in [-0.05, 0) is 18.4 Å². The van der Waals surface area contributed by atoms with Gasteiger partial charge in [0.15, 0.2) is 0 Å². The van der Waals surface area contributed by atoms with Crippen molar-refractivity contribution in [2.75, 3.05) is 7.11 Å². The first-order valence-corrected chi connectivity index (χ1v) is 6.63. The van der Waals surface area contributed by atoms with E-state index in [4.69, 9.17) is 4.74 Å². The number of ether oxygens (including phenoxy) is 1. The molecule has 0 aromatic heterocycles. The summed E-state index contributed by atoms with van der Waals surface area (Å²) < 4.78 is 5.34. The Morgan fingerprint density at radius 2 is 2.00 bits per heavy atom. The van der Waals surface area contributed by atoms with Gasteiger partial charge in [0.05, 0.1) is 7.11 Å². The maximum Gasteiger partial charge on any atom is 0.320 e. The van der Waals surface area contributed by atoms with Crippen LogP contribution in [0.2, 0.25) is 0 Å². The molecule has 0 heterocycles. The van der Waals surface area contributed by atoms with Crippen molar-refractivity contribution in [1.82, 2.24) is 5.32 Å². The van der Waals surface area contributed by atoms with Crippen molar-refractivity contribution < 1.29 is 14.6 Å². The first kappa shape index (κ1) is 15.5. The highest BCUT2D eigenvalue weighted by Crippen LogP contribution is 2.27. The number of benzene rings is 1. The molecule has 4 heteroatoms. The van der Waals surface area contributed by atoms with Gasteiger partial charge in [0.1, 0.15) is 11.8 Å². The summed E-state index contributed by atoms with van der Waals surface area (Å²) in [5, 5.41) is 12.5. The molecule has 2 N–H and O–H groups in total. The molecule has 0 aliphatic heterocycles. The Morgan fingerprint density at radius 1 is 1.37 bits per heavy atom. The molecule has 0 amide bonds. The minimum atomic E-state index is -0.816. The van der Waals surface area contributed by atoms with E-state index in [1.807, 2.05) is 45.0 Å². The van der Waals surface area contributed by atoms with Gasteiger partial charge in [-0.1, -0.05) is 39.0 Å². The number of hydrogen-bond donors (Lipinski definition) is 2. The summed E-state index contributed by atoms with van der Waals surface area (Å²) in [7, 11) is 1.63. The summed E-state index contributed by atoms with van der Waals surface area (Å²) >= 11 is 0. The number of aliphatic carboxylic acids is 1. The molecule has 0 radical (unpaired) electrons. The van der Waals surface area contributed by atoms with E-state index in [-0.39, 0.29) is 12.0 Å². The quantitative estimate of drug-likeness (QED) is 0.796. The molecule has 4 nitrogen and oxygen atoms in total. The van der Waals surface area contributed by atoms with Crippen LogP contribution in [0, 0.1) is 5.92 Å². The number of carboxylic acids is 1. The zero-order valence-electron chi connectivity index (χ0n) is 12.0. The Morgan fingerprint density at radius 3 is 2.47 bits per heavy atom. The standard InChI is InChI=1S/C15H23NO3/c1-5-12(16-14(10(2)3)15(17)18)11-8-6-7-9-13(11)19-4/h6-10,12,14,16H,5H2,1-4H3,(H,17,18). The molecule has 1 aromatic carbocycles. The Balaban J connectivity index is 2.97.